The van der Waals surface area contributed by atoms with Crippen LogP contribution in [0.3, 0.4) is 0 Å². The van der Waals surface area contributed by atoms with Crippen LogP contribution in [0.2, 0.25) is 0 Å². The van der Waals surface area contributed by atoms with Crippen molar-refractivity contribution in [1.82, 2.24) is 19.7 Å². The highest BCUT2D eigenvalue weighted by molar-refractivity contribution is 5.75. The Morgan fingerprint density at radius 1 is 1.52 bits per heavy atom. The highest BCUT2D eigenvalue weighted by Gasteiger charge is 2.16. The SMILES string of the molecule is Cc1ccn2cc(CNC(=O)CC[C@@H]3CCCO3)nc2n1. The van der Waals surface area contributed by atoms with Gasteiger partial charge in [-0.15, -0.1) is 0 Å². The van der Waals surface area contributed by atoms with Crippen molar-refractivity contribution in [2.75, 3.05) is 6.61 Å². The Hall–Kier alpha value is -1.95. The van der Waals surface area contributed by atoms with Crippen LogP contribution >= 0.6 is 0 Å². The van der Waals surface area contributed by atoms with Crippen LogP contribution in [0, 0.1) is 6.92 Å². The van der Waals surface area contributed by atoms with Crippen LogP contribution in [0.1, 0.15) is 37.1 Å². The third-order valence-electron chi connectivity index (χ3n) is 3.70. The van der Waals surface area contributed by atoms with Crippen LogP contribution in [0.5, 0.6) is 0 Å². The number of ether oxygens (including phenoxy) is 1. The summed E-state index contributed by atoms with van der Waals surface area (Å²) in [6.07, 6.45) is 7.58. The minimum atomic E-state index is 0.0479. The molecule has 1 N–H and O–H groups in total. The first-order valence-corrected chi connectivity index (χ1v) is 7.40. The molecule has 21 heavy (non-hydrogen) atoms. The summed E-state index contributed by atoms with van der Waals surface area (Å²) in [6, 6.07) is 1.93. The first-order chi connectivity index (χ1) is 10.2. The van der Waals surface area contributed by atoms with Crippen molar-refractivity contribution in [3.05, 3.63) is 29.8 Å². The van der Waals surface area contributed by atoms with Crippen LogP contribution < -0.4 is 5.32 Å². The highest BCUT2D eigenvalue weighted by Crippen LogP contribution is 2.16. The summed E-state index contributed by atoms with van der Waals surface area (Å²) in [5, 5.41) is 2.90. The van der Waals surface area contributed by atoms with Crippen molar-refractivity contribution in [1.29, 1.82) is 0 Å². The summed E-state index contributed by atoms with van der Waals surface area (Å²) >= 11 is 0. The van der Waals surface area contributed by atoms with E-state index in [0.29, 0.717) is 18.7 Å². The van der Waals surface area contributed by atoms with Crippen molar-refractivity contribution in [2.45, 2.75) is 45.3 Å². The van der Waals surface area contributed by atoms with Gasteiger partial charge in [0.05, 0.1) is 18.3 Å². The zero-order valence-corrected chi connectivity index (χ0v) is 12.2. The Balaban J connectivity index is 1.49. The fraction of sp³-hybridized carbons (Fsp3) is 0.533. The Bertz CT molecular complexity index is 632. The van der Waals surface area contributed by atoms with Gasteiger partial charge in [-0.1, -0.05) is 0 Å². The normalized spacial score (nSPS) is 18.2. The second kappa shape index (κ2) is 6.22. The highest BCUT2D eigenvalue weighted by atomic mass is 16.5. The first-order valence-electron chi connectivity index (χ1n) is 7.40. The third kappa shape index (κ3) is 3.58. The predicted molar refractivity (Wildman–Crippen MR) is 77.8 cm³/mol. The number of hydrogen-bond acceptors (Lipinski definition) is 4. The van der Waals surface area contributed by atoms with Crippen molar-refractivity contribution in [3.63, 3.8) is 0 Å². The lowest BCUT2D eigenvalue weighted by atomic mass is 10.1. The molecular weight excluding hydrogens is 268 g/mol. The summed E-state index contributed by atoms with van der Waals surface area (Å²) in [7, 11) is 0. The molecule has 112 valence electrons. The number of imidazole rings is 1. The van der Waals surface area contributed by atoms with Gasteiger partial charge in [0.2, 0.25) is 11.7 Å². The van der Waals surface area contributed by atoms with E-state index in [9.17, 15) is 4.79 Å². The second-order valence-electron chi connectivity index (χ2n) is 5.46. The lowest BCUT2D eigenvalue weighted by Gasteiger charge is -2.08. The Labute approximate surface area is 123 Å². The van der Waals surface area contributed by atoms with Gasteiger partial charge in [0, 0.05) is 31.1 Å². The quantitative estimate of drug-likeness (QED) is 0.907. The monoisotopic (exact) mass is 288 g/mol. The maximum atomic E-state index is 11.8. The first kappa shape index (κ1) is 14.0. The van der Waals surface area contributed by atoms with Gasteiger partial charge >= 0.3 is 0 Å². The fourth-order valence-corrected chi connectivity index (χ4v) is 2.54. The number of carbonyl (C=O) groups is 1. The molecule has 2 aromatic rings. The van der Waals surface area contributed by atoms with E-state index in [0.717, 1.165) is 37.3 Å². The van der Waals surface area contributed by atoms with Crippen LogP contribution in [-0.2, 0) is 16.1 Å². The summed E-state index contributed by atoms with van der Waals surface area (Å²) in [6.45, 7) is 3.20. The van der Waals surface area contributed by atoms with Gasteiger partial charge in [-0.25, -0.2) is 9.97 Å². The molecule has 0 unspecified atom stereocenters. The zero-order chi connectivity index (χ0) is 14.7. The topological polar surface area (TPSA) is 68.5 Å². The van der Waals surface area contributed by atoms with Gasteiger partial charge in [-0.3, -0.25) is 9.20 Å². The molecule has 1 aliphatic heterocycles. The molecule has 0 bridgehead atoms. The van der Waals surface area contributed by atoms with Crippen LogP contribution in [-0.4, -0.2) is 33.0 Å². The smallest absolute Gasteiger partial charge is 0.234 e. The van der Waals surface area contributed by atoms with Gasteiger partial charge in [0.25, 0.3) is 0 Å². The van der Waals surface area contributed by atoms with E-state index < -0.39 is 0 Å². The second-order valence-corrected chi connectivity index (χ2v) is 5.46. The molecule has 3 heterocycles. The van der Waals surface area contributed by atoms with Crippen LogP contribution in [0.15, 0.2) is 18.5 Å². The minimum Gasteiger partial charge on any atom is -0.378 e. The number of aryl methyl sites for hydroxylation is 1. The third-order valence-corrected chi connectivity index (χ3v) is 3.70. The molecule has 1 aliphatic rings. The Kier molecular flexibility index (Phi) is 4.15. The average Bonchev–Trinajstić information content (AvgIpc) is 3.11. The maximum Gasteiger partial charge on any atom is 0.234 e. The molecule has 1 atom stereocenters. The largest absolute Gasteiger partial charge is 0.378 e. The van der Waals surface area contributed by atoms with E-state index >= 15 is 0 Å². The summed E-state index contributed by atoms with van der Waals surface area (Å²) in [5.74, 6) is 0.713. The maximum absolute atomic E-state index is 11.8. The number of aromatic nitrogens is 3. The van der Waals surface area contributed by atoms with Crippen LogP contribution in [0.4, 0.5) is 0 Å². The molecule has 3 rings (SSSR count). The van der Waals surface area contributed by atoms with E-state index in [1.165, 1.54) is 0 Å². The van der Waals surface area contributed by atoms with E-state index in [1.54, 1.807) is 0 Å². The lowest BCUT2D eigenvalue weighted by Crippen LogP contribution is -2.24. The molecule has 2 aromatic heterocycles. The van der Waals surface area contributed by atoms with Gasteiger partial charge < -0.3 is 10.1 Å². The van der Waals surface area contributed by atoms with Crippen molar-refractivity contribution in [3.8, 4) is 0 Å². The van der Waals surface area contributed by atoms with Crippen LogP contribution in [0.25, 0.3) is 5.78 Å². The number of hydrogen-bond donors (Lipinski definition) is 1. The number of rotatable bonds is 5. The van der Waals surface area contributed by atoms with E-state index in [1.807, 2.05) is 29.8 Å². The Morgan fingerprint density at radius 3 is 3.24 bits per heavy atom. The van der Waals surface area contributed by atoms with Crippen molar-refractivity contribution >= 4 is 11.7 Å². The average molecular weight is 288 g/mol. The van der Waals surface area contributed by atoms with Gasteiger partial charge in [-0.2, -0.15) is 0 Å². The minimum absolute atomic E-state index is 0.0479. The summed E-state index contributed by atoms with van der Waals surface area (Å²) < 4.78 is 7.38. The van der Waals surface area contributed by atoms with Crippen molar-refractivity contribution < 1.29 is 9.53 Å². The number of carbonyl (C=O) groups excluding carboxylic acids is 1. The zero-order valence-electron chi connectivity index (χ0n) is 12.2. The molecule has 1 fully saturated rings. The van der Waals surface area contributed by atoms with E-state index in [-0.39, 0.29) is 12.0 Å². The standard InChI is InChI=1S/C15H20N4O2/c1-11-6-7-19-10-12(18-15(19)17-11)9-16-14(20)5-4-13-3-2-8-21-13/h6-7,10,13H,2-5,8-9H2,1H3,(H,16,20)/t13-/m0/s1. The number of nitrogens with one attached hydrogen (secondary N) is 1. The molecule has 0 aliphatic carbocycles. The lowest BCUT2D eigenvalue weighted by molar-refractivity contribution is -0.121. The Morgan fingerprint density at radius 2 is 2.43 bits per heavy atom. The van der Waals surface area contributed by atoms with E-state index in [2.05, 4.69) is 15.3 Å². The molecule has 1 amide bonds. The van der Waals surface area contributed by atoms with Gasteiger partial charge in [0.15, 0.2) is 0 Å². The van der Waals surface area contributed by atoms with E-state index in [4.69, 9.17) is 4.74 Å². The number of amides is 1. The fourth-order valence-electron chi connectivity index (χ4n) is 2.54. The van der Waals surface area contributed by atoms with Crippen molar-refractivity contribution in [2.24, 2.45) is 0 Å². The summed E-state index contributed by atoms with van der Waals surface area (Å²) in [5.41, 5.74) is 1.75. The molecular formula is C15H20N4O2. The summed E-state index contributed by atoms with van der Waals surface area (Å²) in [4.78, 5) is 20.6. The molecule has 0 saturated carbocycles. The number of fused-ring (bicyclic) bond motifs is 1. The van der Waals surface area contributed by atoms with Gasteiger partial charge in [-0.05, 0) is 32.3 Å². The molecule has 6 nitrogen and oxygen atoms in total. The molecule has 1 saturated heterocycles. The number of nitrogens with zero attached hydrogens (tertiary/aromatic N) is 3. The molecule has 6 heteroatoms. The molecule has 0 aromatic carbocycles. The molecule has 0 radical (unpaired) electrons. The van der Waals surface area contributed by atoms with Gasteiger partial charge in [0.1, 0.15) is 0 Å². The molecule has 0 spiro atoms. The predicted octanol–water partition coefficient (Wildman–Crippen LogP) is 1.61.